The molecule has 0 unspecified atom stereocenters. The van der Waals surface area contributed by atoms with Gasteiger partial charge in [0.25, 0.3) is 5.91 Å². The summed E-state index contributed by atoms with van der Waals surface area (Å²) in [6.45, 7) is 8.71. The third-order valence-electron chi connectivity index (χ3n) is 5.23. The van der Waals surface area contributed by atoms with Crippen LogP contribution >= 0.6 is 0 Å². The van der Waals surface area contributed by atoms with Gasteiger partial charge in [0.05, 0.1) is 11.1 Å². The minimum atomic E-state index is -4.66. The van der Waals surface area contributed by atoms with Crippen molar-refractivity contribution in [2.24, 2.45) is 0 Å². The Bertz CT molecular complexity index is 1200. The lowest BCUT2D eigenvalue weighted by Crippen LogP contribution is -2.28. The molecule has 2 aromatic rings. The fourth-order valence-corrected chi connectivity index (χ4v) is 3.42. The molecule has 2 aromatic carbocycles. The highest BCUT2D eigenvalue weighted by Crippen LogP contribution is 2.35. The molecule has 32 heavy (non-hydrogen) atoms. The molecular weight excluding hydrogens is 422 g/mol. The van der Waals surface area contributed by atoms with Crippen molar-refractivity contribution in [2.75, 3.05) is 0 Å². The Balaban J connectivity index is 2.08. The quantitative estimate of drug-likeness (QED) is 0.318. The minimum absolute atomic E-state index is 0.0286. The van der Waals surface area contributed by atoms with Gasteiger partial charge in [-0.05, 0) is 67.3 Å². The number of halogens is 4. The molecular formula is C25H21F4NO2. The maximum Gasteiger partial charge on any atom is 0.416 e. The van der Waals surface area contributed by atoms with E-state index in [0.29, 0.717) is 28.5 Å². The molecule has 0 aromatic heterocycles. The number of alkyl halides is 3. The molecule has 3 rings (SSSR count). The fraction of sp³-hybridized carbons (Fsp3) is 0.160. The molecule has 1 heterocycles. The zero-order chi connectivity index (χ0) is 23.8. The average molecular weight is 443 g/mol. The lowest BCUT2D eigenvalue weighted by atomic mass is 9.93. The number of carbonyl (C=O) groups excluding carboxylic acids is 1. The van der Waals surface area contributed by atoms with Crippen molar-refractivity contribution in [3.05, 3.63) is 101 Å². The van der Waals surface area contributed by atoms with Crippen LogP contribution in [0.2, 0.25) is 0 Å². The Morgan fingerprint density at radius 2 is 1.75 bits per heavy atom. The molecule has 1 N–H and O–H groups in total. The normalized spacial score (nSPS) is 14.9. The van der Waals surface area contributed by atoms with Gasteiger partial charge in [0, 0.05) is 17.5 Å². The van der Waals surface area contributed by atoms with Crippen molar-refractivity contribution in [1.82, 2.24) is 4.90 Å². The van der Waals surface area contributed by atoms with Gasteiger partial charge >= 0.3 is 6.18 Å². The Morgan fingerprint density at radius 1 is 1.06 bits per heavy atom. The van der Waals surface area contributed by atoms with Crippen molar-refractivity contribution in [3.63, 3.8) is 0 Å². The summed E-state index contributed by atoms with van der Waals surface area (Å²) >= 11 is 0. The summed E-state index contributed by atoms with van der Waals surface area (Å²) in [6, 6.07) is 6.99. The van der Waals surface area contributed by atoms with E-state index in [1.54, 1.807) is 38.1 Å². The van der Waals surface area contributed by atoms with E-state index in [0.717, 1.165) is 17.7 Å². The third kappa shape index (κ3) is 4.37. The molecule has 0 radical (unpaired) electrons. The molecule has 7 heteroatoms. The van der Waals surface area contributed by atoms with Gasteiger partial charge in [-0.2, -0.15) is 13.2 Å². The van der Waals surface area contributed by atoms with Crippen molar-refractivity contribution >= 4 is 11.5 Å². The van der Waals surface area contributed by atoms with Crippen LogP contribution in [-0.2, 0) is 11.0 Å². The molecule has 0 saturated heterocycles. The molecule has 0 saturated carbocycles. The molecule has 166 valence electrons. The Kier molecular flexibility index (Phi) is 6.12. The van der Waals surface area contributed by atoms with Crippen LogP contribution in [0.1, 0.15) is 30.5 Å². The number of aliphatic hydroxyl groups is 1. The second-order valence-corrected chi connectivity index (χ2v) is 7.50. The summed E-state index contributed by atoms with van der Waals surface area (Å²) in [7, 11) is 0. The second-order valence-electron chi connectivity index (χ2n) is 7.50. The minimum Gasteiger partial charge on any atom is -0.512 e. The first kappa shape index (κ1) is 23.1. The highest BCUT2D eigenvalue weighted by atomic mass is 19.4. The van der Waals surface area contributed by atoms with Gasteiger partial charge in [-0.25, -0.2) is 4.39 Å². The number of benzene rings is 2. The van der Waals surface area contributed by atoms with Gasteiger partial charge in [0.1, 0.15) is 11.6 Å². The lowest BCUT2D eigenvalue weighted by molar-refractivity contribution is -0.137. The van der Waals surface area contributed by atoms with E-state index in [1.807, 2.05) is 0 Å². The average Bonchev–Trinajstić information content (AvgIpc) is 2.70. The standard InChI is InChI=1S/C25H21F4NO2/c1-14-6-5-11-30(16(14)3)24(32)23(17(4)31)18-8-7-15(2)21(12-18)20-10-9-19(13-22(20)26)25(27,28)29/h5-13,31H,3H2,1-2,4H3/b23-17+. The van der Waals surface area contributed by atoms with Gasteiger partial charge in [0.15, 0.2) is 0 Å². The smallest absolute Gasteiger partial charge is 0.416 e. The van der Waals surface area contributed by atoms with E-state index >= 15 is 0 Å². The largest absolute Gasteiger partial charge is 0.512 e. The van der Waals surface area contributed by atoms with Crippen LogP contribution in [0.15, 0.2) is 78.4 Å². The number of nitrogens with zero attached hydrogens (tertiary/aromatic N) is 1. The topological polar surface area (TPSA) is 40.5 Å². The number of rotatable bonds is 3. The lowest BCUT2D eigenvalue weighted by Gasteiger charge is -2.25. The molecule has 1 aliphatic rings. The van der Waals surface area contributed by atoms with Crippen LogP contribution < -0.4 is 0 Å². The Hall–Kier alpha value is -3.61. The number of carbonyl (C=O) groups is 1. The highest BCUT2D eigenvalue weighted by Gasteiger charge is 2.31. The molecule has 0 fully saturated rings. The zero-order valence-electron chi connectivity index (χ0n) is 17.7. The summed E-state index contributed by atoms with van der Waals surface area (Å²) in [5.41, 5.74) is 1.25. The second kappa shape index (κ2) is 8.49. The number of hydrogen-bond acceptors (Lipinski definition) is 2. The first-order valence-corrected chi connectivity index (χ1v) is 9.67. The van der Waals surface area contributed by atoms with Crippen LogP contribution in [0, 0.1) is 12.7 Å². The fourth-order valence-electron chi connectivity index (χ4n) is 3.42. The predicted octanol–water partition coefficient (Wildman–Crippen LogP) is 6.92. The molecule has 1 aliphatic heterocycles. The highest BCUT2D eigenvalue weighted by molar-refractivity contribution is 6.21. The van der Waals surface area contributed by atoms with Gasteiger partial charge in [-0.1, -0.05) is 30.9 Å². The van der Waals surface area contributed by atoms with Crippen LogP contribution in [0.25, 0.3) is 16.7 Å². The monoisotopic (exact) mass is 443 g/mol. The third-order valence-corrected chi connectivity index (χ3v) is 5.23. The van der Waals surface area contributed by atoms with Crippen molar-refractivity contribution in [1.29, 1.82) is 0 Å². The van der Waals surface area contributed by atoms with E-state index in [-0.39, 0.29) is 16.9 Å². The molecule has 1 amide bonds. The molecule has 0 atom stereocenters. The van der Waals surface area contributed by atoms with Gasteiger partial charge in [-0.3, -0.25) is 9.69 Å². The summed E-state index contributed by atoms with van der Waals surface area (Å²) in [5, 5.41) is 10.3. The van der Waals surface area contributed by atoms with E-state index < -0.39 is 23.5 Å². The van der Waals surface area contributed by atoms with Gasteiger partial charge in [0.2, 0.25) is 0 Å². The van der Waals surface area contributed by atoms with E-state index in [4.69, 9.17) is 0 Å². The van der Waals surface area contributed by atoms with E-state index in [1.165, 1.54) is 24.1 Å². The number of aryl methyl sites for hydroxylation is 1. The first-order valence-electron chi connectivity index (χ1n) is 9.67. The van der Waals surface area contributed by atoms with Crippen LogP contribution in [-0.4, -0.2) is 15.9 Å². The number of hydrogen-bond donors (Lipinski definition) is 1. The maximum absolute atomic E-state index is 14.6. The van der Waals surface area contributed by atoms with Crippen molar-refractivity contribution < 1.29 is 27.5 Å². The Labute approximate surface area is 183 Å². The van der Waals surface area contributed by atoms with E-state index in [2.05, 4.69) is 6.58 Å². The van der Waals surface area contributed by atoms with Crippen molar-refractivity contribution in [2.45, 2.75) is 26.9 Å². The van der Waals surface area contributed by atoms with Crippen LogP contribution in [0.3, 0.4) is 0 Å². The summed E-state index contributed by atoms with van der Waals surface area (Å²) in [5.74, 6) is -1.83. The number of aliphatic hydroxyl groups excluding tert-OH is 1. The first-order chi connectivity index (χ1) is 14.9. The molecule has 0 spiro atoms. The zero-order valence-corrected chi connectivity index (χ0v) is 17.7. The Morgan fingerprint density at radius 3 is 2.34 bits per heavy atom. The van der Waals surface area contributed by atoms with Crippen molar-refractivity contribution in [3.8, 4) is 11.1 Å². The summed E-state index contributed by atoms with van der Waals surface area (Å²) in [6.07, 6.45) is 0.317. The molecule has 0 aliphatic carbocycles. The SMILES string of the molecule is C=C1C(C)=CC=CN1C(=O)/C(=C(\C)O)c1ccc(C)c(-c2ccc(C(F)(F)F)cc2F)c1. The van der Waals surface area contributed by atoms with E-state index in [9.17, 15) is 27.5 Å². The maximum atomic E-state index is 14.6. The predicted molar refractivity (Wildman–Crippen MR) is 116 cm³/mol. The summed E-state index contributed by atoms with van der Waals surface area (Å²) in [4.78, 5) is 14.5. The van der Waals surface area contributed by atoms with Gasteiger partial charge < -0.3 is 5.11 Å². The molecule has 3 nitrogen and oxygen atoms in total. The van der Waals surface area contributed by atoms with Crippen LogP contribution in [0.5, 0.6) is 0 Å². The number of amides is 1. The number of allylic oxidation sites excluding steroid dienone is 4. The van der Waals surface area contributed by atoms with Crippen LogP contribution in [0.4, 0.5) is 17.6 Å². The molecule has 0 bridgehead atoms. The summed E-state index contributed by atoms with van der Waals surface area (Å²) < 4.78 is 53.3. The van der Waals surface area contributed by atoms with Gasteiger partial charge in [-0.15, -0.1) is 0 Å².